The van der Waals surface area contributed by atoms with Gasteiger partial charge < -0.3 is 9.88 Å². The summed E-state index contributed by atoms with van der Waals surface area (Å²) in [5.41, 5.74) is 5.45. The minimum Gasteiger partial charge on any atom is -0.344 e. The maximum Gasteiger partial charge on any atom is 0.0486 e. The second-order valence-corrected chi connectivity index (χ2v) is 7.09. The summed E-state index contributed by atoms with van der Waals surface area (Å²) in [6.45, 7) is 4.30. The first-order chi connectivity index (χ1) is 11.2. The first-order valence-corrected chi connectivity index (χ1v) is 8.97. The maximum absolute atomic E-state index is 4.47. The Labute approximate surface area is 144 Å². The standard InChI is InChI=1S/C19H20BrN3/c1-13-19-16-12-14(20)5-6-17(16)23(18(19)7-10-21-13)11-8-15-4-2-3-9-22-15/h2-6,9,12-13,21H,7-8,10-11H2,1H3. The van der Waals surface area contributed by atoms with Crippen LogP contribution in [-0.2, 0) is 19.4 Å². The fourth-order valence-electron chi connectivity index (χ4n) is 3.70. The number of aryl methyl sites for hydroxylation is 2. The van der Waals surface area contributed by atoms with Crippen LogP contribution >= 0.6 is 15.9 Å². The van der Waals surface area contributed by atoms with Crippen LogP contribution in [0.3, 0.4) is 0 Å². The summed E-state index contributed by atoms with van der Waals surface area (Å²) in [4.78, 5) is 4.47. The van der Waals surface area contributed by atoms with Gasteiger partial charge in [-0.3, -0.25) is 4.98 Å². The van der Waals surface area contributed by atoms with Gasteiger partial charge in [0.05, 0.1) is 0 Å². The van der Waals surface area contributed by atoms with Crippen LogP contribution in [0.5, 0.6) is 0 Å². The first kappa shape index (κ1) is 14.9. The van der Waals surface area contributed by atoms with Gasteiger partial charge in [0, 0.05) is 64.9 Å². The molecule has 1 aliphatic heterocycles. The highest BCUT2D eigenvalue weighted by molar-refractivity contribution is 9.10. The fourth-order valence-corrected chi connectivity index (χ4v) is 4.06. The van der Waals surface area contributed by atoms with Gasteiger partial charge in [0.1, 0.15) is 0 Å². The van der Waals surface area contributed by atoms with Gasteiger partial charge in [0.15, 0.2) is 0 Å². The quantitative estimate of drug-likeness (QED) is 0.747. The second-order valence-electron chi connectivity index (χ2n) is 6.17. The van der Waals surface area contributed by atoms with E-state index in [0.717, 1.165) is 36.1 Å². The number of hydrogen-bond acceptors (Lipinski definition) is 2. The van der Waals surface area contributed by atoms with E-state index in [2.05, 4.69) is 68.1 Å². The Bertz CT molecular complexity index is 839. The molecule has 0 radical (unpaired) electrons. The van der Waals surface area contributed by atoms with Crippen molar-refractivity contribution < 1.29 is 0 Å². The lowest BCUT2D eigenvalue weighted by molar-refractivity contribution is 0.521. The lowest BCUT2D eigenvalue weighted by Crippen LogP contribution is -2.28. The van der Waals surface area contributed by atoms with E-state index in [9.17, 15) is 0 Å². The van der Waals surface area contributed by atoms with Crippen molar-refractivity contribution in [2.75, 3.05) is 6.54 Å². The third-order valence-corrected chi connectivity index (χ3v) is 5.23. The minimum atomic E-state index is 0.409. The molecule has 0 fully saturated rings. The Morgan fingerprint density at radius 3 is 3.04 bits per heavy atom. The second kappa shape index (κ2) is 6.10. The molecule has 4 rings (SSSR count). The molecule has 0 aliphatic carbocycles. The van der Waals surface area contributed by atoms with E-state index in [-0.39, 0.29) is 0 Å². The van der Waals surface area contributed by atoms with Crippen LogP contribution in [0.2, 0.25) is 0 Å². The molecule has 3 nitrogen and oxygen atoms in total. The van der Waals surface area contributed by atoms with Crippen LogP contribution in [0.4, 0.5) is 0 Å². The number of pyridine rings is 1. The molecule has 1 N–H and O–H groups in total. The summed E-state index contributed by atoms with van der Waals surface area (Å²) >= 11 is 3.63. The predicted octanol–water partition coefficient (Wildman–Crippen LogP) is 4.25. The van der Waals surface area contributed by atoms with Gasteiger partial charge in [-0.15, -0.1) is 0 Å². The molecule has 2 aromatic heterocycles. The van der Waals surface area contributed by atoms with Crippen molar-refractivity contribution in [2.24, 2.45) is 0 Å². The monoisotopic (exact) mass is 369 g/mol. The number of aromatic nitrogens is 2. The molecule has 23 heavy (non-hydrogen) atoms. The van der Waals surface area contributed by atoms with Gasteiger partial charge in [0.2, 0.25) is 0 Å². The Hall–Kier alpha value is -1.65. The maximum atomic E-state index is 4.47. The summed E-state index contributed by atoms with van der Waals surface area (Å²) in [6, 6.07) is 13.2. The molecule has 1 atom stereocenters. The number of rotatable bonds is 3. The molecule has 3 aromatic rings. The fraction of sp³-hybridized carbons (Fsp3) is 0.316. The molecule has 118 valence electrons. The van der Waals surface area contributed by atoms with Crippen molar-refractivity contribution in [1.29, 1.82) is 0 Å². The van der Waals surface area contributed by atoms with E-state index in [1.54, 1.807) is 0 Å². The molecule has 0 amide bonds. The number of benzene rings is 1. The van der Waals surface area contributed by atoms with Gasteiger partial charge in [-0.05, 0) is 42.8 Å². The normalized spacial score (nSPS) is 17.4. The lowest BCUT2D eigenvalue weighted by atomic mass is 9.99. The molecule has 0 bridgehead atoms. The van der Waals surface area contributed by atoms with Crippen molar-refractivity contribution in [2.45, 2.75) is 32.4 Å². The average Bonchev–Trinajstić information content (AvgIpc) is 2.88. The lowest BCUT2D eigenvalue weighted by Gasteiger charge is -2.23. The van der Waals surface area contributed by atoms with Crippen LogP contribution < -0.4 is 5.32 Å². The van der Waals surface area contributed by atoms with Crippen molar-refractivity contribution in [3.8, 4) is 0 Å². The van der Waals surface area contributed by atoms with E-state index in [4.69, 9.17) is 0 Å². The van der Waals surface area contributed by atoms with Gasteiger partial charge >= 0.3 is 0 Å². The predicted molar refractivity (Wildman–Crippen MR) is 97.7 cm³/mol. The molecule has 1 unspecified atom stereocenters. The third kappa shape index (κ3) is 2.70. The smallest absolute Gasteiger partial charge is 0.0486 e. The zero-order valence-corrected chi connectivity index (χ0v) is 14.8. The SMILES string of the molecule is CC1NCCc2c1c1cc(Br)ccc1n2CCc1ccccn1. The van der Waals surface area contributed by atoms with Crippen LogP contribution in [0.25, 0.3) is 10.9 Å². The van der Waals surface area contributed by atoms with Crippen LogP contribution in [0.1, 0.15) is 29.9 Å². The largest absolute Gasteiger partial charge is 0.344 e. The van der Waals surface area contributed by atoms with E-state index in [1.165, 1.54) is 22.2 Å². The van der Waals surface area contributed by atoms with Gasteiger partial charge in [-0.2, -0.15) is 0 Å². The molecular formula is C19H20BrN3. The van der Waals surface area contributed by atoms with Crippen molar-refractivity contribution >= 4 is 26.8 Å². The summed E-state index contributed by atoms with van der Waals surface area (Å²) in [5.74, 6) is 0. The van der Waals surface area contributed by atoms with E-state index in [1.807, 2.05) is 12.3 Å². The average molecular weight is 370 g/mol. The van der Waals surface area contributed by atoms with Crippen molar-refractivity contribution in [1.82, 2.24) is 14.9 Å². The summed E-state index contributed by atoms with van der Waals surface area (Å²) in [6.07, 6.45) is 3.94. The van der Waals surface area contributed by atoms with Crippen LogP contribution in [-0.4, -0.2) is 16.1 Å². The zero-order valence-electron chi connectivity index (χ0n) is 13.2. The van der Waals surface area contributed by atoms with Crippen molar-refractivity contribution in [3.05, 3.63) is 64.0 Å². The Morgan fingerprint density at radius 2 is 2.22 bits per heavy atom. The van der Waals surface area contributed by atoms with Gasteiger partial charge in [0.25, 0.3) is 0 Å². The van der Waals surface area contributed by atoms with E-state index < -0.39 is 0 Å². The topological polar surface area (TPSA) is 29.9 Å². The third-order valence-electron chi connectivity index (χ3n) is 4.74. The van der Waals surface area contributed by atoms with E-state index >= 15 is 0 Å². The summed E-state index contributed by atoms with van der Waals surface area (Å²) < 4.78 is 3.65. The summed E-state index contributed by atoms with van der Waals surface area (Å²) in [7, 11) is 0. The highest BCUT2D eigenvalue weighted by atomic mass is 79.9. The number of nitrogens with one attached hydrogen (secondary N) is 1. The molecule has 1 aromatic carbocycles. The van der Waals surface area contributed by atoms with Gasteiger partial charge in [-0.25, -0.2) is 0 Å². The van der Waals surface area contributed by atoms with Crippen LogP contribution in [0.15, 0.2) is 47.1 Å². The van der Waals surface area contributed by atoms with Gasteiger partial charge in [-0.1, -0.05) is 22.0 Å². The Kier molecular flexibility index (Phi) is 3.95. The molecule has 3 heterocycles. The highest BCUT2D eigenvalue weighted by Gasteiger charge is 2.24. The zero-order chi connectivity index (χ0) is 15.8. The minimum absolute atomic E-state index is 0.409. The number of hydrogen-bond donors (Lipinski definition) is 1. The molecule has 0 saturated carbocycles. The van der Waals surface area contributed by atoms with E-state index in [0.29, 0.717) is 6.04 Å². The molecule has 0 saturated heterocycles. The number of nitrogens with zero attached hydrogens (tertiary/aromatic N) is 2. The molecular weight excluding hydrogens is 350 g/mol. The molecule has 4 heteroatoms. The Balaban J connectivity index is 1.79. The number of halogens is 1. The number of fused-ring (bicyclic) bond motifs is 3. The molecule has 0 spiro atoms. The van der Waals surface area contributed by atoms with Crippen molar-refractivity contribution in [3.63, 3.8) is 0 Å². The Morgan fingerprint density at radius 1 is 1.30 bits per heavy atom. The highest BCUT2D eigenvalue weighted by Crippen LogP contribution is 2.35. The first-order valence-electron chi connectivity index (χ1n) is 8.18. The molecule has 1 aliphatic rings. The van der Waals surface area contributed by atoms with Crippen LogP contribution in [0, 0.1) is 0 Å². The summed E-state index contributed by atoms with van der Waals surface area (Å²) in [5, 5.41) is 4.97.